The zero-order valence-corrected chi connectivity index (χ0v) is 12.9. The van der Waals surface area contributed by atoms with Gasteiger partial charge in [-0.2, -0.15) is 12.7 Å². The van der Waals surface area contributed by atoms with Gasteiger partial charge in [-0.15, -0.1) is 0 Å². The highest BCUT2D eigenvalue weighted by Crippen LogP contribution is 2.30. The van der Waals surface area contributed by atoms with E-state index in [2.05, 4.69) is 9.97 Å². The minimum atomic E-state index is -3.63. The van der Waals surface area contributed by atoms with E-state index in [1.807, 2.05) is 12.1 Å². The van der Waals surface area contributed by atoms with Crippen LogP contribution in [0.5, 0.6) is 0 Å². The molecule has 0 aliphatic rings. The molecule has 2 heterocycles. The molecule has 0 unspecified atom stereocenters. The first kappa shape index (κ1) is 14.5. The highest BCUT2D eigenvalue weighted by atomic mass is 32.2. The van der Waals surface area contributed by atoms with E-state index in [0.29, 0.717) is 16.8 Å². The minimum absolute atomic E-state index is 0.143. The lowest BCUT2D eigenvalue weighted by Crippen LogP contribution is -2.28. The summed E-state index contributed by atoms with van der Waals surface area (Å²) in [6.45, 7) is 0. The zero-order chi connectivity index (χ0) is 15.9. The molecule has 0 bridgehead atoms. The molecule has 0 aliphatic carbocycles. The number of benzene rings is 1. The van der Waals surface area contributed by atoms with Crippen LogP contribution in [0, 0.1) is 0 Å². The molecule has 22 heavy (non-hydrogen) atoms. The summed E-state index contributed by atoms with van der Waals surface area (Å²) in [6, 6.07) is 8.95. The second-order valence-corrected chi connectivity index (χ2v) is 6.97. The number of aromatic nitrogens is 3. The molecule has 0 saturated carbocycles. The summed E-state index contributed by atoms with van der Waals surface area (Å²) in [5.74, 6) is 0.143. The summed E-state index contributed by atoms with van der Waals surface area (Å²) >= 11 is 0. The molecule has 3 aromatic rings. The first-order valence-corrected chi connectivity index (χ1v) is 7.93. The molecule has 0 spiro atoms. The lowest BCUT2D eigenvalue weighted by atomic mass is 10.1. The topological polar surface area (TPSA) is 94.1 Å². The Labute approximate surface area is 128 Å². The third kappa shape index (κ3) is 2.22. The van der Waals surface area contributed by atoms with Crippen molar-refractivity contribution in [2.45, 2.75) is 0 Å². The first-order valence-electron chi connectivity index (χ1n) is 6.53. The van der Waals surface area contributed by atoms with E-state index in [0.717, 1.165) is 9.69 Å². The fourth-order valence-corrected chi connectivity index (χ4v) is 3.24. The van der Waals surface area contributed by atoms with Gasteiger partial charge in [0.05, 0.1) is 11.2 Å². The number of anilines is 1. The van der Waals surface area contributed by atoms with E-state index in [9.17, 15) is 8.42 Å². The van der Waals surface area contributed by atoms with Crippen LogP contribution in [0.3, 0.4) is 0 Å². The van der Waals surface area contributed by atoms with Crippen molar-refractivity contribution >= 4 is 27.1 Å². The van der Waals surface area contributed by atoms with Gasteiger partial charge in [0.25, 0.3) is 0 Å². The number of rotatable bonds is 3. The molecular weight excluding hydrogens is 302 g/mol. The number of nitrogens with zero attached hydrogens (tertiary/aromatic N) is 4. The van der Waals surface area contributed by atoms with E-state index in [4.69, 9.17) is 5.73 Å². The van der Waals surface area contributed by atoms with Crippen LogP contribution in [-0.2, 0) is 10.2 Å². The third-order valence-electron chi connectivity index (χ3n) is 3.34. The largest absolute Gasteiger partial charge is 0.368 e. The van der Waals surface area contributed by atoms with E-state index in [1.165, 1.54) is 18.1 Å². The molecule has 0 radical (unpaired) electrons. The Bertz CT molecular complexity index is 947. The monoisotopic (exact) mass is 317 g/mol. The lowest BCUT2D eigenvalue weighted by Gasteiger charge is -2.12. The smallest absolute Gasteiger partial charge is 0.307 e. The fraction of sp³-hybridized carbons (Fsp3) is 0.143. The molecule has 0 fully saturated rings. The van der Waals surface area contributed by atoms with Crippen molar-refractivity contribution in [3.63, 3.8) is 0 Å². The maximum absolute atomic E-state index is 12.5. The second kappa shape index (κ2) is 5.08. The Balaban J connectivity index is 2.35. The summed E-state index contributed by atoms with van der Waals surface area (Å²) in [5, 5.41) is 0.783. The van der Waals surface area contributed by atoms with Crippen LogP contribution in [0.15, 0.2) is 42.7 Å². The predicted octanol–water partition coefficient (Wildman–Crippen LogP) is 1.33. The van der Waals surface area contributed by atoms with Gasteiger partial charge in [-0.05, 0) is 12.1 Å². The quantitative estimate of drug-likeness (QED) is 0.786. The number of fused-ring (bicyclic) bond motifs is 1. The van der Waals surface area contributed by atoms with Crippen molar-refractivity contribution in [3.8, 4) is 11.3 Å². The summed E-state index contributed by atoms with van der Waals surface area (Å²) in [4.78, 5) is 8.04. The van der Waals surface area contributed by atoms with E-state index < -0.39 is 10.2 Å². The van der Waals surface area contributed by atoms with Crippen LogP contribution in [0.25, 0.3) is 22.2 Å². The zero-order valence-electron chi connectivity index (χ0n) is 12.1. The van der Waals surface area contributed by atoms with Gasteiger partial charge in [0, 0.05) is 37.4 Å². The minimum Gasteiger partial charge on any atom is -0.368 e. The van der Waals surface area contributed by atoms with Gasteiger partial charge in [-0.3, -0.25) is 0 Å². The maximum Gasteiger partial charge on any atom is 0.307 e. The summed E-state index contributed by atoms with van der Waals surface area (Å²) < 4.78 is 27.4. The number of hydrogen-bond acceptors (Lipinski definition) is 5. The number of para-hydroxylation sites is 1. The molecular formula is C14H15N5O2S. The summed E-state index contributed by atoms with van der Waals surface area (Å²) in [6.07, 6.45) is 3.10. The van der Waals surface area contributed by atoms with Crippen molar-refractivity contribution in [1.29, 1.82) is 0 Å². The van der Waals surface area contributed by atoms with Crippen molar-refractivity contribution in [3.05, 3.63) is 42.7 Å². The second-order valence-electron chi connectivity index (χ2n) is 4.95. The van der Waals surface area contributed by atoms with Crippen LogP contribution in [0.1, 0.15) is 0 Å². The number of nitrogens with two attached hydrogens (primary N) is 1. The fourth-order valence-electron chi connectivity index (χ4n) is 2.24. The van der Waals surface area contributed by atoms with Gasteiger partial charge >= 0.3 is 10.2 Å². The molecule has 0 atom stereocenters. The first-order chi connectivity index (χ1) is 10.4. The van der Waals surface area contributed by atoms with Gasteiger partial charge in [0.15, 0.2) is 0 Å². The van der Waals surface area contributed by atoms with Gasteiger partial charge in [0.2, 0.25) is 5.95 Å². The van der Waals surface area contributed by atoms with Crippen LogP contribution in [0.2, 0.25) is 0 Å². The molecule has 1 aromatic carbocycles. The maximum atomic E-state index is 12.5. The number of hydrogen-bond donors (Lipinski definition) is 1. The Hall–Kier alpha value is -2.45. The highest BCUT2D eigenvalue weighted by molar-refractivity contribution is 7.87. The molecule has 114 valence electrons. The SMILES string of the molecule is CN(C)S(=O)(=O)n1cc(-c2ccnc(N)n2)c2ccccc21. The molecule has 2 N–H and O–H groups in total. The molecule has 0 aliphatic heterocycles. The summed E-state index contributed by atoms with van der Waals surface area (Å²) in [5.41, 5.74) is 7.48. The molecule has 3 rings (SSSR count). The number of nitrogen functional groups attached to an aromatic ring is 1. The summed E-state index contributed by atoms with van der Waals surface area (Å²) in [7, 11) is -0.640. The Morgan fingerprint density at radius 1 is 1.18 bits per heavy atom. The van der Waals surface area contributed by atoms with Gasteiger partial charge in [-0.25, -0.2) is 13.9 Å². The van der Waals surface area contributed by atoms with Gasteiger partial charge in [0.1, 0.15) is 0 Å². The average Bonchev–Trinajstić information content (AvgIpc) is 2.87. The molecule has 8 heteroatoms. The van der Waals surface area contributed by atoms with E-state index >= 15 is 0 Å². The third-order valence-corrected chi connectivity index (χ3v) is 5.06. The van der Waals surface area contributed by atoms with Crippen molar-refractivity contribution in [1.82, 2.24) is 18.2 Å². The Kier molecular flexibility index (Phi) is 3.34. The van der Waals surface area contributed by atoms with Crippen LogP contribution in [-0.4, -0.2) is 40.8 Å². The molecule has 2 aromatic heterocycles. The predicted molar refractivity (Wildman–Crippen MR) is 85.4 cm³/mol. The van der Waals surface area contributed by atoms with Crippen LogP contribution < -0.4 is 5.73 Å². The molecule has 7 nitrogen and oxygen atoms in total. The highest BCUT2D eigenvalue weighted by Gasteiger charge is 2.21. The van der Waals surface area contributed by atoms with Crippen LogP contribution in [0.4, 0.5) is 5.95 Å². The normalized spacial score (nSPS) is 12.1. The average molecular weight is 317 g/mol. The Morgan fingerprint density at radius 3 is 2.59 bits per heavy atom. The standard InChI is InChI=1S/C14H15N5O2S/c1-18(2)22(20,21)19-9-11(10-5-3-4-6-13(10)19)12-7-8-16-14(15)17-12/h3-9H,1-2H3,(H2,15,16,17). The lowest BCUT2D eigenvalue weighted by molar-refractivity contribution is 0.512. The van der Waals surface area contributed by atoms with Crippen molar-refractivity contribution in [2.24, 2.45) is 0 Å². The molecule has 0 saturated heterocycles. The van der Waals surface area contributed by atoms with E-state index in [1.54, 1.807) is 30.6 Å². The van der Waals surface area contributed by atoms with Gasteiger partial charge < -0.3 is 5.73 Å². The molecule has 0 amide bonds. The van der Waals surface area contributed by atoms with Crippen LogP contribution >= 0.6 is 0 Å². The van der Waals surface area contributed by atoms with Gasteiger partial charge in [-0.1, -0.05) is 18.2 Å². The van der Waals surface area contributed by atoms with Crippen molar-refractivity contribution in [2.75, 3.05) is 19.8 Å². The van der Waals surface area contributed by atoms with Crippen molar-refractivity contribution < 1.29 is 8.42 Å². The Morgan fingerprint density at radius 2 is 1.91 bits per heavy atom. The van der Waals surface area contributed by atoms with E-state index in [-0.39, 0.29) is 5.95 Å².